The Labute approximate surface area is 114 Å². The number of hydrogen-bond acceptors (Lipinski definition) is 7. The molecule has 1 aromatic rings. The van der Waals surface area contributed by atoms with Gasteiger partial charge in [0.1, 0.15) is 11.3 Å². The van der Waals surface area contributed by atoms with E-state index < -0.39 is 24.0 Å². The summed E-state index contributed by atoms with van der Waals surface area (Å²) in [5.74, 6) is -1.20. The van der Waals surface area contributed by atoms with Crippen LogP contribution in [-0.4, -0.2) is 30.3 Å². The van der Waals surface area contributed by atoms with Crippen molar-refractivity contribution in [1.29, 1.82) is 0 Å². The molecule has 0 atom stereocenters. The standard InChI is InChI=1S/C12H12O6S/c1-8(13)18-10-6-4-3-5-9(10)11(14)16-7-17-12(15)19-2/h3-6H,7H2,1-2H3. The zero-order chi connectivity index (χ0) is 14.3. The van der Waals surface area contributed by atoms with Gasteiger partial charge in [-0.05, 0) is 30.2 Å². The molecule has 0 aromatic heterocycles. The van der Waals surface area contributed by atoms with E-state index in [1.165, 1.54) is 19.1 Å². The maximum absolute atomic E-state index is 11.7. The normalized spacial score (nSPS) is 9.58. The molecule has 1 rings (SSSR count). The molecule has 6 nitrogen and oxygen atoms in total. The van der Waals surface area contributed by atoms with Crippen LogP contribution in [0.25, 0.3) is 0 Å². The van der Waals surface area contributed by atoms with E-state index in [9.17, 15) is 14.4 Å². The van der Waals surface area contributed by atoms with E-state index in [1.54, 1.807) is 18.4 Å². The molecule has 0 radical (unpaired) electrons. The van der Waals surface area contributed by atoms with Gasteiger partial charge in [-0.1, -0.05) is 12.1 Å². The summed E-state index contributed by atoms with van der Waals surface area (Å²) in [7, 11) is 0. The minimum atomic E-state index is -0.745. The summed E-state index contributed by atoms with van der Waals surface area (Å²) in [6.07, 6.45) is 1.54. The van der Waals surface area contributed by atoms with Crippen molar-refractivity contribution in [1.82, 2.24) is 0 Å². The highest BCUT2D eigenvalue weighted by Gasteiger charge is 2.15. The van der Waals surface area contributed by atoms with Crippen molar-refractivity contribution in [3.8, 4) is 5.75 Å². The Morgan fingerprint density at radius 1 is 1.16 bits per heavy atom. The smallest absolute Gasteiger partial charge is 0.369 e. The average Bonchev–Trinajstić information content (AvgIpc) is 2.38. The van der Waals surface area contributed by atoms with Gasteiger partial charge in [-0.15, -0.1) is 0 Å². The van der Waals surface area contributed by atoms with Crippen LogP contribution in [0.5, 0.6) is 5.75 Å². The molecule has 0 bridgehead atoms. The molecule has 0 N–H and O–H groups in total. The summed E-state index contributed by atoms with van der Waals surface area (Å²) in [5, 5.41) is -0.555. The Balaban J connectivity index is 2.66. The van der Waals surface area contributed by atoms with Gasteiger partial charge in [0, 0.05) is 6.92 Å². The molecule has 0 saturated carbocycles. The second kappa shape index (κ2) is 7.42. The van der Waals surface area contributed by atoms with E-state index in [4.69, 9.17) is 9.47 Å². The lowest BCUT2D eigenvalue weighted by Gasteiger charge is -2.08. The largest absolute Gasteiger partial charge is 0.426 e. The van der Waals surface area contributed by atoms with Crippen molar-refractivity contribution in [2.45, 2.75) is 6.92 Å². The van der Waals surface area contributed by atoms with Crippen LogP contribution in [0, 0.1) is 0 Å². The van der Waals surface area contributed by atoms with Gasteiger partial charge in [-0.3, -0.25) is 4.79 Å². The highest BCUT2D eigenvalue weighted by molar-refractivity contribution is 8.12. The molecule has 0 aliphatic carbocycles. The van der Waals surface area contributed by atoms with Crippen molar-refractivity contribution in [3.05, 3.63) is 29.8 Å². The van der Waals surface area contributed by atoms with E-state index in [1.807, 2.05) is 0 Å². The molecule has 0 aliphatic heterocycles. The third-order valence-electron chi connectivity index (χ3n) is 1.89. The number of thioether (sulfide) groups is 1. The SMILES string of the molecule is CSC(=O)OCOC(=O)c1ccccc1OC(C)=O. The first-order valence-electron chi connectivity index (χ1n) is 5.20. The Hall–Kier alpha value is -2.02. The number of benzene rings is 1. The average molecular weight is 284 g/mol. The van der Waals surface area contributed by atoms with Gasteiger partial charge in [-0.25, -0.2) is 9.59 Å². The first-order valence-corrected chi connectivity index (χ1v) is 6.42. The number of esters is 2. The van der Waals surface area contributed by atoms with E-state index in [0.29, 0.717) is 0 Å². The maximum atomic E-state index is 11.7. The monoisotopic (exact) mass is 284 g/mol. The van der Waals surface area contributed by atoms with Crippen molar-refractivity contribution >= 4 is 29.0 Å². The minimum absolute atomic E-state index is 0.0814. The second-order valence-electron chi connectivity index (χ2n) is 3.24. The molecular formula is C12H12O6S. The minimum Gasteiger partial charge on any atom is -0.426 e. The molecule has 19 heavy (non-hydrogen) atoms. The molecule has 1 aromatic carbocycles. The van der Waals surface area contributed by atoms with Gasteiger partial charge in [-0.2, -0.15) is 0 Å². The summed E-state index contributed by atoms with van der Waals surface area (Å²) in [5.41, 5.74) is 0.0814. The van der Waals surface area contributed by atoms with Gasteiger partial charge < -0.3 is 14.2 Å². The van der Waals surface area contributed by atoms with Gasteiger partial charge in [0.15, 0.2) is 0 Å². The first kappa shape index (κ1) is 15.0. The lowest BCUT2D eigenvalue weighted by Crippen LogP contribution is -2.13. The lowest BCUT2D eigenvalue weighted by molar-refractivity contribution is -0.131. The number of rotatable bonds is 4. The number of para-hydroxylation sites is 1. The highest BCUT2D eigenvalue weighted by Crippen LogP contribution is 2.19. The predicted octanol–water partition coefficient (Wildman–Crippen LogP) is 2.23. The van der Waals surface area contributed by atoms with Crippen molar-refractivity contribution in [2.75, 3.05) is 13.0 Å². The Morgan fingerprint density at radius 3 is 2.47 bits per heavy atom. The summed E-state index contributed by atoms with van der Waals surface area (Å²) in [6.45, 7) is 0.731. The zero-order valence-electron chi connectivity index (χ0n) is 10.4. The Morgan fingerprint density at radius 2 is 1.84 bits per heavy atom. The fourth-order valence-corrected chi connectivity index (χ4v) is 1.31. The van der Waals surface area contributed by atoms with Crippen LogP contribution in [-0.2, 0) is 14.3 Å². The summed E-state index contributed by atoms with van der Waals surface area (Å²) in [4.78, 5) is 33.4. The molecule has 7 heteroatoms. The number of hydrogen-bond donors (Lipinski definition) is 0. The zero-order valence-corrected chi connectivity index (χ0v) is 11.2. The van der Waals surface area contributed by atoms with Gasteiger partial charge in [0.25, 0.3) is 0 Å². The van der Waals surface area contributed by atoms with Crippen molar-refractivity contribution < 1.29 is 28.6 Å². The molecule has 0 amide bonds. The Bertz CT molecular complexity index is 485. The summed E-state index contributed by atoms with van der Waals surface area (Å²) < 4.78 is 14.2. The van der Waals surface area contributed by atoms with Crippen LogP contribution in [0.1, 0.15) is 17.3 Å². The third-order valence-corrected chi connectivity index (χ3v) is 2.35. The van der Waals surface area contributed by atoms with Crippen LogP contribution >= 0.6 is 11.8 Å². The molecule has 0 fully saturated rings. The van der Waals surface area contributed by atoms with E-state index in [0.717, 1.165) is 11.8 Å². The summed E-state index contributed by atoms with van der Waals surface area (Å²) in [6, 6.07) is 6.11. The van der Waals surface area contributed by atoms with E-state index in [-0.39, 0.29) is 11.3 Å². The number of carbonyl (C=O) groups is 3. The van der Waals surface area contributed by atoms with Gasteiger partial charge in [0.2, 0.25) is 6.79 Å². The first-order chi connectivity index (χ1) is 9.04. The molecule has 0 spiro atoms. The Kier molecular flexibility index (Phi) is 5.87. The van der Waals surface area contributed by atoms with Crippen molar-refractivity contribution in [3.63, 3.8) is 0 Å². The lowest BCUT2D eigenvalue weighted by atomic mass is 10.2. The molecule has 0 aliphatic rings. The van der Waals surface area contributed by atoms with Crippen LogP contribution in [0.2, 0.25) is 0 Å². The quantitative estimate of drug-likeness (QED) is 0.476. The van der Waals surface area contributed by atoms with Crippen LogP contribution < -0.4 is 4.74 Å². The predicted molar refractivity (Wildman–Crippen MR) is 68.0 cm³/mol. The molecule has 102 valence electrons. The molecule has 0 unspecified atom stereocenters. The van der Waals surface area contributed by atoms with Gasteiger partial charge in [0.05, 0.1) is 0 Å². The fourth-order valence-electron chi connectivity index (χ4n) is 1.15. The van der Waals surface area contributed by atoms with E-state index >= 15 is 0 Å². The third kappa shape index (κ3) is 5.01. The van der Waals surface area contributed by atoms with Crippen LogP contribution in [0.3, 0.4) is 0 Å². The van der Waals surface area contributed by atoms with Crippen LogP contribution in [0.15, 0.2) is 24.3 Å². The number of carbonyl (C=O) groups excluding carboxylic acids is 3. The molecular weight excluding hydrogens is 272 g/mol. The van der Waals surface area contributed by atoms with Crippen molar-refractivity contribution in [2.24, 2.45) is 0 Å². The van der Waals surface area contributed by atoms with Gasteiger partial charge >= 0.3 is 17.2 Å². The summed E-state index contributed by atoms with van der Waals surface area (Å²) >= 11 is 0.862. The maximum Gasteiger partial charge on any atom is 0.369 e. The van der Waals surface area contributed by atoms with E-state index in [2.05, 4.69) is 4.74 Å². The van der Waals surface area contributed by atoms with Crippen LogP contribution in [0.4, 0.5) is 4.79 Å². The molecule has 0 heterocycles. The topological polar surface area (TPSA) is 78.9 Å². The fraction of sp³-hybridized carbons (Fsp3) is 0.250. The number of ether oxygens (including phenoxy) is 3. The molecule has 0 saturated heterocycles. The highest BCUT2D eigenvalue weighted by atomic mass is 32.2. The second-order valence-corrected chi connectivity index (χ2v) is 3.98.